The molecule has 2 aromatic heterocycles. The maximum Gasteiger partial charge on any atom is 0.274 e. The predicted octanol–water partition coefficient (Wildman–Crippen LogP) is 2.63. The maximum absolute atomic E-state index is 12.3. The molecule has 1 aromatic carbocycles. The number of halogens is 2. The highest BCUT2D eigenvalue weighted by atomic mass is 35.5. The van der Waals surface area contributed by atoms with Crippen molar-refractivity contribution in [2.75, 3.05) is 13.2 Å². The van der Waals surface area contributed by atoms with E-state index in [1.54, 1.807) is 22.3 Å². The quantitative estimate of drug-likeness (QED) is 0.777. The van der Waals surface area contributed by atoms with Gasteiger partial charge < -0.3 is 10.5 Å². The predicted molar refractivity (Wildman–Crippen MR) is 94.3 cm³/mol. The molecular formula is C14H15Cl2N3O2S. The van der Waals surface area contributed by atoms with Crippen LogP contribution in [0.1, 0.15) is 0 Å². The fourth-order valence-corrected chi connectivity index (χ4v) is 2.84. The van der Waals surface area contributed by atoms with Crippen LogP contribution in [0.5, 0.6) is 5.75 Å². The van der Waals surface area contributed by atoms with Crippen molar-refractivity contribution in [2.45, 2.75) is 0 Å². The normalized spacial score (nSPS) is 9.86. The van der Waals surface area contributed by atoms with Crippen molar-refractivity contribution in [1.82, 2.24) is 8.94 Å². The highest BCUT2D eigenvalue weighted by Crippen LogP contribution is 2.21. The molecular weight excluding hydrogens is 345 g/mol. The van der Waals surface area contributed by atoms with Crippen molar-refractivity contribution in [3.05, 3.63) is 52.9 Å². The van der Waals surface area contributed by atoms with Gasteiger partial charge in [0, 0.05) is 18.8 Å². The van der Waals surface area contributed by atoms with Crippen LogP contribution in [0.15, 0.2) is 47.4 Å². The average Bonchev–Trinajstić information content (AvgIpc) is 2.83. The van der Waals surface area contributed by atoms with Gasteiger partial charge in [-0.2, -0.15) is 0 Å². The minimum absolute atomic E-state index is 0. The highest BCUT2D eigenvalue weighted by molar-refractivity contribution is 7.13. The van der Waals surface area contributed by atoms with Crippen molar-refractivity contribution in [3.8, 4) is 11.4 Å². The van der Waals surface area contributed by atoms with E-state index in [1.807, 2.05) is 24.3 Å². The number of ether oxygens (including phenoxy) is 1. The van der Waals surface area contributed by atoms with Gasteiger partial charge in [0.15, 0.2) is 0 Å². The van der Waals surface area contributed by atoms with Gasteiger partial charge in [0.2, 0.25) is 0 Å². The van der Waals surface area contributed by atoms with Gasteiger partial charge in [0.1, 0.15) is 17.2 Å². The molecule has 22 heavy (non-hydrogen) atoms. The third-order valence-electron chi connectivity index (χ3n) is 2.80. The van der Waals surface area contributed by atoms with Crippen molar-refractivity contribution >= 4 is 46.6 Å². The summed E-state index contributed by atoms with van der Waals surface area (Å²) in [6.07, 6.45) is 1.68. The molecule has 2 N–H and O–H groups in total. The maximum atomic E-state index is 12.3. The molecule has 118 valence electrons. The van der Waals surface area contributed by atoms with Gasteiger partial charge in [-0.25, -0.2) is 8.94 Å². The number of hydrogen-bond donors (Lipinski definition) is 1. The number of aromatic nitrogens is 2. The van der Waals surface area contributed by atoms with Gasteiger partial charge in [-0.1, -0.05) is 6.07 Å². The lowest BCUT2D eigenvalue weighted by molar-refractivity contribution is 0.328. The number of fused-ring (bicyclic) bond motifs is 1. The third-order valence-corrected chi connectivity index (χ3v) is 3.86. The summed E-state index contributed by atoms with van der Waals surface area (Å²) in [5.74, 6) is 0.699. The van der Waals surface area contributed by atoms with Gasteiger partial charge >= 0.3 is 0 Å². The molecule has 8 heteroatoms. The molecule has 0 spiro atoms. The third kappa shape index (κ3) is 3.59. The summed E-state index contributed by atoms with van der Waals surface area (Å²) in [6, 6.07) is 10.9. The minimum Gasteiger partial charge on any atom is -0.492 e. The van der Waals surface area contributed by atoms with Gasteiger partial charge in [0.25, 0.3) is 5.56 Å². The van der Waals surface area contributed by atoms with E-state index in [4.69, 9.17) is 10.5 Å². The van der Waals surface area contributed by atoms with E-state index in [1.165, 1.54) is 11.5 Å². The molecule has 0 aliphatic heterocycles. The number of nitrogens with zero attached hydrogens (tertiary/aromatic N) is 2. The van der Waals surface area contributed by atoms with Crippen LogP contribution < -0.4 is 16.0 Å². The van der Waals surface area contributed by atoms with Crippen molar-refractivity contribution in [1.29, 1.82) is 0 Å². The second-order valence-electron chi connectivity index (χ2n) is 4.18. The number of hydrogen-bond acceptors (Lipinski definition) is 5. The summed E-state index contributed by atoms with van der Waals surface area (Å²) >= 11 is 1.32. The van der Waals surface area contributed by atoms with Crippen LogP contribution in [0, 0.1) is 0 Å². The zero-order valence-corrected chi connectivity index (χ0v) is 13.9. The Hall–Kier alpha value is -1.60. The molecule has 0 saturated heterocycles. The smallest absolute Gasteiger partial charge is 0.274 e. The first-order valence-corrected chi connectivity index (χ1v) is 6.97. The molecule has 0 aliphatic carbocycles. The number of rotatable bonds is 4. The van der Waals surface area contributed by atoms with Crippen LogP contribution in [0.2, 0.25) is 0 Å². The Morgan fingerprint density at radius 2 is 2.05 bits per heavy atom. The molecule has 0 aliphatic rings. The molecule has 0 radical (unpaired) electrons. The fraction of sp³-hybridized carbons (Fsp3) is 0.143. The van der Waals surface area contributed by atoms with E-state index in [9.17, 15) is 4.79 Å². The van der Waals surface area contributed by atoms with E-state index in [0.29, 0.717) is 24.3 Å². The molecule has 0 amide bonds. The van der Waals surface area contributed by atoms with Crippen LogP contribution in [0.25, 0.3) is 15.9 Å². The van der Waals surface area contributed by atoms with Crippen molar-refractivity contribution < 1.29 is 4.74 Å². The van der Waals surface area contributed by atoms with Crippen LogP contribution >= 0.6 is 36.3 Å². The number of pyridine rings is 1. The van der Waals surface area contributed by atoms with Gasteiger partial charge in [-0.3, -0.25) is 4.79 Å². The SMILES string of the molecule is Cl.Cl.NCCOc1cccc(-n2sc3ncccc3c2=O)c1. The molecule has 2 heterocycles. The lowest BCUT2D eigenvalue weighted by atomic mass is 10.3. The van der Waals surface area contributed by atoms with E-state index < -0.39 is 0 Å². The van der Waals surface area contributed by atoms with Crippen LogP contribution in [0.3, 0.4) is 0 Å². The largest absolute Gasteiger partial charge is 0.492 e. The Bertz CT molecular complexity index is 804. The van der Waals surface area contributed by atoms with Crippen LogP contribution in [0.4, 0.5) is 0 Å². The fourth-order valence-electron chi connectivity index (χ4n) is 1.91. The molecule has 0 atom stereocenters. The molecule has 0 saturated carbocycles. The summed E-state index contributed by atoms with van der Waals surface area (Å²) in [7, 11) is 0. The number of benzene rings is 1. The van der Waals surface area contributed by atoms with Gasteiger partial charge in [-0.15, -0.1) is 24.8 Å². The minimum atomic E-state index is -0.0610. The van der Waals surface area contributed by atoms with E-state index in [2.05, 4.69) is 4.98 Å². The molecule has 0 bridgehead atoms. The summed E-state index contributed by atoms with van der Waals surface area (Å²) in [4.78, 5) is 17.3. The van der Waals surface area contributed by atoms with E-state index in [0.717, 1.165) is 10.5 Å². The lowest BCUT2D eigenvalue weighted by Crippen LogP contribution is -2.12. The Labute approximate surface area is 143 Å². The first-order valence-electron chi connectivity index (χ1n) is 6.20. The van der Waals surface area contributed by atoms with Crippen molar-refractivity contribution in [3.63, 3.8) is 0 Å². The van der Waals surface area contributed by atoms with E-state index in [-0.39, 0.29) is 30.4 Å². The first kappa shape index (κ1) is 18.4. The Morgan fingerprint density at radius 3 is 2.77 bits per heavy atom. The van der Waals surface area contributed by atoms with Gasteiger partial charge in [-0.05, 0) is 35.8 Å². The van der Waals surface area contributed by atoms with Crippen LogP contribution in [-0.4, -0.2) is 22.1 Å². The van der Waals surface area contributed by atoms with Gasteiger partial charge in [0.05, 0.1) is 11.1 Å². The van der Waals surface area contributed by atoms with E-state index >= 15 is 0 Å². The Morgan fingerprint density at radius 1 is 1.23 bits per heavy atom. The van der Waals surface area contributed by atoms with Crippen LogP contribution in [-0.2, 0) is 0 Å². The molecule has 0 unspecified atom stereocenters. The number of nitrogens with two attached hydrogens (primary N) is 1. The molecule has 5 nitrogen and oxygen atoms in total. The topological polar surface area (TPSA) is 70.1 Å². The zero-order valence-electron chi connectivity index (χ0n) is 11.5. The summed E-state index contributed by atoms with van der Waals surface area (Å²) < 4.78 is 7.10. The summed E-state index contributed by atoms with van der Waals surface area (Å²) in [6.45, 7) is 0.906. The molecule has 0 fully saturated rings. The highest BCUT2D eigenvalue weighted by Gasteiger charge is 2.10. The average molecular weight is 360 g/mol. The molecule has 3 rings (SSSR count). The summed E-state index contributed by atoms with van der Waals surface area (Å²) in [5.41, 5.74) is 6.12. The summed E-state index contributed by atoms with van der Waals surface area (Å²) in [5, 5.41) is 0.630. The lowest BCUT2D eigenvalue weighted by Gasteiger charge is -2.06. The molecule has 3 aromatic rings. The van der Waals surface area contributed by atoms with Crippen molar-refractivity contribution in [2.24, 2.45) is 5.73 Å². The second-order valence-corrected chi connectivity index (χ2v) is 5.12. The Kier molecular flexibility index (Phi) is 6.83. The monoisotopic (exact) mass is 359 g/mol. The standard InChI is InChI=1S/C14H13N3O2S.2ClH/c15-6-8-19-11-4-1-3-10(9-11)17-14(18)12-5-2-7-16-13(12)20-17;;/h1-5,7,9H,6,8,15H2;2*1H. The zero-order chi connectivity index (χ0) is 13.9. The second kappa shape index (κ2) is 8.14. The Balaban J connectivity index is 0.00000121. The first-order chi connectivity index (χ1) is 9.79.